The van der Waals surface area contributed by atoms with Gasteiger partial charge in [-0.15, -0.1) is 0 Å². The average Bonchev–Trinajstić information content (AvgIpc) is 2.92. The van der Waals surface area contributed by atoms with Gasteiger partial charge in [0.2, 0.25) is 0 Å². The number of hydrogen-bond donors (Lipinski definition) is 1. The molecular weight excluding hydrogens is 364 g/mol. The van der Waals surface area contributed by atoms with Gasteiger partial charge in [-0.2, -0.15) is 8.42 Å². The lowest BCUT2D eigenvalue weighted by Gasteiger charge is -2.11. The van der Waals surface area contributed by atoms with Gasteiger partial charge in [-0.25, -0.2) is 0 Å². The highest BCUT2D eigenvalue weighted by atomic mass is 32.2. The number of carbonyl (C=O) groups is 1. The highest BCUT2D eigenvalue weighted by molar-refractivity contribution is 7.86. The van der Waals surface area contributed by atoms with Crippen LogP contribution in [0.2, 0.25) is 0 Å². The molecule has 0 atom stereocenters. The number of ketones is 1. The van der Waals surface area contributed by atoms with Crippen molar-refractivity contribution in [3.05, 3.63) is 70.3 Å². The summed E-state index contributed by atoms with van der Waals surface area (Å²) in [5.41, 5.74) is 2.69. The topological polar surface area (TPSA) is 80.7 Å². The third kappa shape index (κ3) is 3.68. The lowest BCUT2D eigenvalue weighted by Crippen LogP contribution is -2.12. The first-order valence-corrected chi connectivity index (χ1v) is 10.4. The van der Waals surface area contributed by atoms with Crippen LogP contribution in [-0.4, -0.2) is 25.9 Å². The van der Waals surface area contributed by atoms with Gasteiger partial charge in [0.1, 0.15) is 5.76 Å². The Kier molecular flexibility index (Phi) is 5.48. The molecule has 0 bridgehead atoms. The minimum Gasteiger partial charge on any atom is -0.507 e. The number of aryl methyl sites for hydroxylation is 2. The molecule has 142 valence electrons. The summed E-state index contributed by atoms with van der Waals surface area (Å²) in [6.07, 6.45) is 1.31. The Morgan fingerprint density at radius 1 is 1.00 bits per heavy atom. The van der Waals surface area contributed by atoms with Gasteiger partial charge in [-0.1, -0.05) is 50.2 Å². The Morgan fingerprint density at radius 2 is 1.70 bits per heavy atom. The number of Topliss-reactive ketones (excluding diaryl/α,β-unsaturated/α-hetero) is 1. The van der Waals surface area contributed by atoms with Crippen LogP contribution in [0.5, 0.6) is 0 Å². The van der Waals surface area contributed by atoms with E-state index in [-0.39, 0.29) is 35.0 Å². The summed E-state index contributed by atoms with van der Waals surface area (Å²) in [6.45, 7) is 3.63. The Bertz CT molecular complexity index is 1020. The summed E-state index contributed by atoms with van der Waals surface area (Å²) in [7, 11) is -3.95. The normalized spacial score (nSPS) is 13.9. The molecule has 1 aliphatic rings. The van der Waals surface area contributed by atoms with Crippen molar-refractivity contribution in [2.75, 3.05) is 6.61 Å². The molecule has 1 N–H and O–H groups in total. The van der Waals surface area contributed by atoms with Crippen LogP contribution in [0.1, 0.15) is 47.3 Å². The van der Waals surface area contributed by atoms with Crippen LogP contribution in [0.3, 0.4) is 0 Å². The van der Waals surface area contributed by atoms with E-state index in [2.05, 4.69) is 0 Å². The van der Waals surface area contributed by atoms with Crippen molar-refractivity contribution < 1.29 is 22.5 Å². The van der Waals surface area contributed by atoms with Crippen LogP contribution in [0.4, 0.5) is 0 Å². The van der Waals surface area contributed by atoms with Crippen LogP contribution >= 0.6 is 0 Å². The van der Waals surface area contributed by atoms with Crippen molar-refractivity contribution in [3.63, 3.8) is 0 Å². The van der Waals surface area contributed by atoms with Crippen molar-refractivity contribution >= 4 is 21.7 Å². The molecule has 0 unspecified atom stereocenters. The molecule has 0 aromatic heterocycles. The molecule has 0 saturated carbocycles. The van der Waals surface area contributed by atoms with Crippen molar-refractivity contribution in [1.29, 1.82) is 0 Å². The highest BCUT2D eigenvalue weighted by Crippen LogP contribution is 2.32. The van der Waals surface area contributed by atoms with E-state index in [0.29, 0.717) is 23.1 Å². The largest absolute Gasteiger partial charge is 0.507 e. The molecule has 6 heteroatoms. The Morgan fingerprint density at radius 3 is 2.33 bits per heavy atom. The maximum absolute atomic E-state index is 12.6. The van der Waals surface area contributed by atoms with Crippen molar-refractivity contribution in [2.45, 2.75) is 38.0 Å². The fourth-order valence-electron chi connectivity index (χ4n) is 3.21. The van der Waals surface area contributed by atoms with E-state index in [1.54, 1.807) is 36.4 Å². The number of hydrogen-bond acceptors (Lipinski definition) is 5. The first-order valence-electron chi connectivity index (χ1n) is 8.96. The molecular formula is C21H22O5S. The van der Waals surface area contributed by atoms with E-state index in [1.165, 1.54) is 0 Å². The lowest BCUT2D eigenvalue weighted by molar-refractivity contribution is 0.103. The van der Waals surface area contributed by atoms with E-state index < -0.39 is 10.1 Å². The number of fused-ring (bicyclic) bond motifs is 1. The molecule has 0 amide bonds. The number of rotatable bonds is 7. The van der Waals surface area contributed by atoms with Gasteiger partial charge >= 0.3 is 0 Å². The minimum atomic E-state index is -3.95. The third-order valence-corrected chi connectivity index (χ3v) is 6.16. The summed E-state index contributed by atoms with van der Waals surface area (Å²) < 4.78 is 30.5. The van der Waals surface area contributed by atoms with E-state index in [9.17, 15) is 18.3 Å². The van der Waals surface area contributed by atoms with Crippen LogP contribution in [-0.2, 0) is 27.1 Å². The maximum atomic E-state index is 12.6. The molecule has 2 aromatic carbocycles. The van der Waals surface area contributed by atoms with Gasteiger partial charge in [0.05, 0.1) is 11.5 Å². The smallest absolute Gasteiger partial charge is 0.297 e. The fourth-order valence-corrected chi connectivity index (χ4v) is 4.47. The number of aliphatic hydroxyl groups is 1. The highest BCUT2D eigenvalue weighted by Gasteiger charge is 2.29. The first kappa shape index (κ1) is 19.3. The second-order valence-corrected chi connectivity index (χ2v) is 7.96. The van der Waals surface area contributed by atoms with Gasteiger partial charge in [-0.3, -0.25) is 8.98 Å². The lowest BCUT2D eigenvalue weighted by atomic mass is 10.1. The van der Waals surface area contributed by atoms with Gasteiger partial charge in [0.15, 0.2) is 5.78 Å². The molecule has 1 aliphatic carbocycles. The van der Waals surface area contributed by atoms with Crippen molar-refractivity contribution in [1.82, 2.24) is 0 Å². The average molecular weight is 386 g/mol. The molecule has 2 aromatic rings. The summed E-state index contributed by atoms with van der Waals surface area (Å²) in [6, 6.07) is 12.1. The Balaban J connectivity index is 1.76. The molecule has 0 heterocycles. The van der Waals surface area contributed by atoms with Crippen molar-refractivity contribution in [2.24, 2.45) is 0 Å². The van der Waals surface area contributed by atoms with Crippen molar-refractivity contribution in [3.8, 4) is 0 Å². The quantitative estimate of drug-likeness (QED) is 0.726. The predicted molar refractivity (Wildman–Crippen MR) is 103 cm³/mol. The zero-order valence-electron chi connectivity index (χ0n) is 15.4. The second kappa shape index (κ2) is 7.66. The molecule has 5 nitrogen and oxygen atoms in total. The number of aliphatic hydroxyl groups excluding tert-OH is 1. The Hall–Kier alpha value is -2.44. The summed E-state index contributed by atoms with van der Waals surface area (Å²) in [5.74, 6) is -0.384. The molecule has 0 radical (unpaired) electrons. The molecule has 27 heavy (non-hydrogen) atoms. The summed E-state index contributed by atoms with van der Waals surface area (Å²) in [4.78, 5) is 12.6. The van der Waals surface area contributed by atoms with Gasteiger partial charge < -0.3 is 5.11 Å². The Labute approximate surface area is 159 Å². The second-order valence-electron chi connectivity index (χ2n) is 6.38. The van der Waals surface area contributed by atoms with Gasteiger partial charge in [0.25, 0.3) is 10.1 Å². The van der Waals surface area contributed by atoms with E-state index in [0.717, 1.165) is 12.0 Å². The van der Waals surface area contributed by atoms with Crippen LogP contribution in [0, 0.1) is 0 Å². The monoisotopic (exact) mass is 386 g/mol. The zero-order chi connectivity index (χ0) is 19.6. The summed E-state index contributed by atoms with van der Waals surface area (Å²) >= 11 is 0. The number of carbonyl (C=O) groups excluding carboxylic acids is 1. The molecule has 3 rings (SSSR count). The van der Waals surface area contributed by atoms with Crippen LogP contribution in [0.15, 0.2) is 52.9 Å². The maximum Gasteiger partial charge on any atom is 0.297 e. The molecule has 0 fully saturated rings. The van der Waals surface area contributed by atoms with E-state index in [1.807, 2.05) is 19.9 Å². The van der Waals surface area contributed by atoms with Gasteiger partial charge in [0, 0.05) is 23.1 Å². The van der Waals surface area contributed by atoms with E-state index in [4.69, 9.17) is 4.18 Å². The summed E-state index contributed by atoms with van der Waals surface area (Å²) in [5, 5.41) is 10.3. The molecule has 0 aliphatic heterocycles. The SMILES string of the molecule is CCc1ccc(CC)c(S(=O)(=O)OCCC2=C(O)c3ccccc3C2=O)c1. The standard InChI is InChI=1S/C21H22O5S/c1-3-14-9-10-15(4-2)19(13-14)27(24,25)26-12-11-18-20(22)16-7-5-6-8-17(16)21(18)23/h5-10,13,22H,3-4,11-12H2,1-2H3. The fraction of sp³-hybridized carbons (Fsp3) is 0.286. The first-order chi connectivity index (χ1) is 12.9. The van der Waals surface area contributed by atoms with Crippen LogP contribution in [0.25, 0.3) is 5.76 Å². The van der Waals surface area contributed by atoms with Gasteiger partial charge in [-0.05, 0) is 30.0 Å². The predicted octanol–water partition coefficient (Wildman–Crippen LogP) is 4.07. The van der Waals surface area contributed by atoms with E-state index >= 15 is 0 Å². The zero-order valence-corrected chi connectivity index (χ0v) is 16.2. The molecule has 0 spiro atoms. The minimum absolute atomic E-state index is 0.0213. The number of benzene rings is 2. The van der Waals surface area contributed by atoms with Crippen LogP contribution < -0.4 is 0 Å². The molecule has 0 saturated heterocycles. The third-order valence-electron chi connectivity index (χ3n) is 4.77.